The predicted molar refractivity (Wildman–Crippen MR) is 82.2 cm³/mol. The Hall–Kier alpha value is -1.24. The third-order valence-corrected chi connectivity index (χ3v) is 4.67. The molecule has 1 fully saturated rings. The van der Waals surface area contributed by atoms with Crippen LogP contribution in [0, 0.1) is 11.3 Å². The number of urea groups is 1. The summed E-state index contributed by atoms with van der Waals surface area (Å²) >= 11 is 1.39. The number of nitrogens with one attached hydrogen (secondary N) is 2. The third kappa shape index (κ3) is 7.94. The zero-order valence-corrected chi connectivity index (χ0v) is 13.4. The molecule has 0 aromatic rings. The summed E-state index contributed by atoms with van der Waals surface area (Å²) in [4.78, 5) is 33.7. The highest BCUT2D eigenvalue weighted by Gasteiger charge is 2.44. The Morgan fingerprint density at radius 2 is 1.95 bits per heavy atom. The zero-order valence-electron chi connectivity index (χ0n) is 12.6. The van der Waals surface area contributed by atoms with Gasteiger partial charge in [-0.25, -0.2) is 4.79 Å². The topological polar surface area (TPSA) is 95.5 Å². The summed E-state index contributed by atoms with van der Waals surface area (Å²) in [6, 6.07) is -0.465. The predicted octanol–water partition coefficient (Wildman–Crippen LogP) is 1.85. The Balaban J connectivity index is 2.11. The van der Waals surface area contributed by atoms with Crippen LogP contribution in [0.4, 0.5) is 4.79 Å². The molecule has 0 aromatic carbocycles. The molecular weight excluding hydrogens is 292 g/mol. The van der Waals surface area contributed by atoms with E-state index < -0.39 is 12.0 Å². The molecule has 1 saturated carbocycles. The molecule has 0 radical (unpaired) electrons. The van der Waals surface area contributed by atoms with Crippen molar-refractivity contribution in [2.75, 3.05) is 18.1 Å². The molecule has 0 unspecified atom stereocenters. The van der Waals surface area contributed by atoms with Gasteiger partial charge < -0.3 is 10.4 Å². The quantitative estimate of drug-likeness (QED) is 0.603. The minimum atomic E-state index is -0.790. The van der Waals surface area contributed by atoms with E-state index in [2.05, 4.69) is 24.5 Å². The van der Waals surface area contributed by atoms with E-state index in [4.69, 9.17) is 5.11 Å². The van der Waals surface area contributed by atoms with Crippen molar-refractivity contribution in [3.05, 3.63) is 0 Å². The van der Waals surface area contributed by atoms with Gasteiger partial charge in [0.25, 0.3) is 0 Å². The van der Waals surface area contributed by atoms with Crippen molar-refractivity contribution in [1.82, 2.24) is 10.6 Å². The molecule has 0 spiro atoms. The lowest BCUT2D eigenvalue weighted by atomic mass is 10.1. The summed E-state index contributed by atoms with van der Waals surface area (Å²) in [5.41, 5.74) is -0.129. The Morgan fingerprint density at radius 3 is 2.48 bits per heavy atom. The van der Waals surface area contributed by atoms with Gasteiger partial charge in [0.2, 0.25) is 5.91 Å². The van der Waals surface area contributed by atoms with Gasteiger partial charge in [-0.1, -0.05) is 13.8 Å². The molecule has 0 aromatic heterocycles. The maximum absolute atomic E-state index is 11.6. The van der Waals surface area contributed by atoms with Crippen molar-refractivity contribution in [3.63, 3.8) is 0 Å². The molecule has 0 aliphatic heterocycles. The van der Waals surface area contributed by atoms with Crippen molar-refractivity contribution in [1.29, 1.82) is 0 Å². The largest absolute Gasteiger partial charge is 0.481 e. The van der Waals surface area contributed by atoms with E-state index in [0.29, 0.717) is 18.2 Å². The van der Waals surface area contributed by atoms with Crippen molar-refractivity contribution in [2.24, 2.45) is 11.3 Å². The van der Waals surface area contributed by atoms with Crippen LogP contribution in [0.5, 0.6) is 0 Å². The van der Waals surface area contributed by atoms with E-state index >= 15 is 0 Å². The van der Waals surface area contributed by atoms with Crippen LogP contribution in [0.1, 0.15) is 39.5 Å². The van der Waals surface area contributed by atoms with Gasteiger partial charge in [0.15, 0.2) is 0 Å². The van der Waals surface area contributed by atoms with E-state index in [1.807, 2.05) is 0 Å². The summed E-state index contributed by atoms with van der Waals surface area (Å²) in [5, 5.41) is 13.7. The standard InChI is InChI=1S/C14H24N2O4S/c1-10(2)3-6-15-13(20)16-11(17)8-21-9-14(4-5-14)7-12(18)19/h10H,3-9H2,1-2H3,(H,18,19)(H2,15,16,17,20). The zero-order chi connectivity index (χ0) is 15.9. The van der Waals surface area contributed by atoms with Crippen molar-refractivity contribution in [2.45, 2.75) is 39.5 Å². The smallest absolute Gasteiger partial charge is 0.321 e. The van der Waals surface area contributed by atoms with E-state index in [1.165, 1.54) is 11.8 Å². The maximum atomic E-state index is 11.6. The number of carbonyl (C=O) groups is 3. The van der Waals surface area contributed by atoms with Crippen LogP contribution in [0.2, 0.25) is 0 Å². The van der Waals surface area contributed by atoms with Gasteiger partial charge in [-0.3, -0.25) is 14.9 Å². The fourth-order valence-corrected chi connectivity index (χ4v) is 3.09. The van der Waals surface area contributed by atoms with Gasteiger partial charge in [-0.05, 0) is 36.3 Å². The highest BCUT2D eigenvalue weighted by molar-refractivity contribution is 8.00. The number of carbonyl (C=O) groups excluding carboxylic acids is 2. The first-order valence-corrected chi connectivity index (χ1v) is 8.36. The van der Waals surface area contributed by atoms with Gasteiger partial charge in [-0.15, -0.1) is 0 Å². The minimum absolute atomic E-state index is 0.129. The summed E-state index contributed by atoms with van der Waals surface area (Å²) < 4.78 is 0. The summed E-state index contributed by atoms with van der Waals surface area (Å²) in [7, 11) is 0. The van der Waals surface area contributed by atoms with Crippen LogP contribution in [-0.2, 0) is 9.59 Å². The Morgan fingerprint density at radius 1 is 1.29 bits per heavy atom. The second-order valence-electron chi connectivity index (χ2n) is 6.05. The fraction of sp³-hybridized carbons (Fsp3) is 0.786. The number of aliphatic carboxylic acids is 1. The Labute approximate surface area is 129 Å². The molecule has 0 saturated heterocycles. The van der Waals surface area contributed by atoms with E-state index in [9.17, 15) is 14.4 Å². The van der Waals surface area contributed by atoms with Crippen LogP contribution in [0.3, 0.4) is 0 Å². The number of hydrogen-bond donors (Lipinski definition) is 3. The number of carboxylic acids is 1. The summed E-state index contributed by atoms with van der Waals surface area (Å²) in [6.07, 6.45) is 2.85. The first-order valence-electron chi connectivity index (χ1n) is 7.20. The van der Waals surface area contributed by atoms with Crippen LogP contribution in [0.25, 0.3) is 0 Å². The normalized spacial score (nSPS) is 15.6. The monoisotopic (exact) mass is 316 g/mol. The highest BCUT2D eigenvalue weighted by atomic mass is 32.2. The average molecular weight is 316 g/mol. The van der Waals surface area contributed by atoms with Gasteiger partial charge in [-0.2, -0.15) is 11.8 Å². The number of amides is 3. The summed E-state index contributed by atoms with van der Waals surface area (Å²) in [5.74, 6) is 0.205. The van der Waals surface area contributed by atoms with Gasteiger partial charge >= 0.3 is 12.0 Å². The lowest BCUT2D eigenvalue weighted by molar-refractivity contribution is -0.138. The first kappa shape index (κ1) is 17.8. The molecule has 6 nitrogen and oxygen atoms in total. The number of rotatable bonds is 9. The third-order valence-electron chi connectivity index (χ3n) is 3.38. The van der Waals surface area contributed by atoms with E-state index in [0.717, 1.165) is 19.3 Å². The lowest BCUT2D eigenvalue weighted by Crippen LogP contribution is -2.41. The molecule has 1 aliphatic carbocycles. The molecule has 3 N–H and O–H groups in total. The van der Waals surface area contributed by atoms with Crippen LogP contribution >= 0.6 is 11.8 Å². The molecule has 1 rings (SSSR count). The Bertz CT molecular complexity index is 394. The Kier molecular flexibility index (Phi) is 7.01. The minimum Gasteiger partial charge on any atom is -0.481 e. The SMILES string of the molecule is CC(C)CCNC(=O)NC(=O)CSCC1(CC(=O)O)CC1. The molecule has 0 atom stereocenters. The second kappa shape index (κ2) is 8.26. The highest BCUT2D eigenvalue weighted by Crippen LogP contribution is 2.50. The van der Waals surface area contributed by atoms with Gasteiger partial charge in [0, 0.05) is 6.54 Å². The molecular formula is C14H24N2O4S. The molecule has 1 aliphatic rings. The molecule has 0 heterocycles. The molecule has 7 heteroatoms. The molecule has 0 bridgehead atoms. The van der Waals surface area contributed by atoms with E-state index in [-0.39, 0.29) is 23.5 Å². The maximum Gasteiger partial charge on any atom is 0.321 e. The molecule has 3 amide bonds. The van der Waals surface area contributed by atoms with Crippen molar-refractivity contribution in [3.8, 4) is 0 Å². The average Bonchev–Trinajstić information content (AvgIpc) is 3.07. The molecule has 21 heavy (non-hydrogen) atoms. The number of carboxylic acid groups (broad SMARTS) is 1. The first-order chi connectivity index (χ1) is 9.83. The number of imide groups is 1. The van der Waals surface area contributed by atoms with Crippen LogP contribution in [0.15, 0.2) is 0 Å². The van der Waals surface area contributed by atoms with Crippen molar-refractivity contribution < 1.29 is 19.5 Å². The van der Waals surface area contributed by atoms with Crippen molar-refractivity contribution >= 4 is 29.7 Å². The number of hydrogen-bond acceptors (Lipinski definition) is 4. The van der Waals surface area contributed by atoms with Gasteiger partial charge in [0.1, 0.15) is 0 Å². The number of thioether (sulfide) groups is 1. The van der Waals surface area contributed by atoms with Gasteiger partial charge in [0.05, 0.1) is 12.2 Å². The van der Waals surface area contributed by atoms with Crippen LogP contribution < -0.4 is 10.6 Å². The fourth-order valence-electron chi connectivity index (χ4n) is 1.91. The second-order valence-corrected chi connectivity index (χ2v) is 7.04. The molecule has 120 valence electrons. The summed E-state index contributed by atoms with van der Waals surface area (Å²) in [6.45, 7) is 4.67. The van der Waals surface area contributed by atoms with Crippen LogP contribution in [-0.4, -0.2) is 41.1 Å². The lowest BCUT2D eigenvalue weighted by Gasteiger charge is -2.11. The van der Waals surface area contributed by atoms with E-state index in [1.54, 1.807) is 0 Å².